The molecule has 1 saturated heterocycles. The Bertz CT molecular complexity index is 975. The summed E-state index contributed by atoms with van der Waals surface area (Å²) >= 11 is 0. The molecule has 4 rings (SSSR count). The van der Waals surface area contributed by atoms with Crippen molar-refractivity contribution >= 4 is 18.3 Å². The quantitative estimate of drug-likeness (QED) is 0.648. The van der Waals surface area contributed by atoms with Gasteiger partial charge in [-0.1, -0.05) is 18.2 Å². The van der Waals surface area contributed by atoms with Crippen LogP contribution in [0.4, 0.5) is 4.39 Å². The van der Waals surface area contributed by atoms with E-state index in [9.17, 15) is 9.18 Å². The van der Waals surface area contributed by atoms with Gasteiger partial charge in [-0.3, -0.25) is 4.79 Å². The molecule has 0 saturated carbocycles. The molecule has 0 spiro atoms. The predicted molar refractivity (Wildman–Crippen MR) is 119 cm³/mol. The highest BCUT2D eigenvalue weighted by molar-refractivity contribution is 5.85. The van der Waals surface area contributed by atoms with Crippen molar-refractivity contribution < 1.29 is 9.18 Å². The summed E-state index contributed by atoms with van der Waals surface area (Å²) in [5.41, 5.74) is 3.22. The number of nitrogens with zero attached hydrogens (tertiary/aromatic N) is 2. The lowest BCUT2D eigenvalue weighted by atomic mass is 10.00. The van der Waals surface area contributed by atoms with Crippen LogP contribution >= 0.6 is 12.4 Å². The molecule has 1 fully saturated rings. The molecule has 1 aliphatic rings. The van der Waals surface area contributed by atoms with Crippen molar-refractivity contribution in [2.45, 2.75) is 38.3 Å². The maximum atomic E-state index is 13.4. The molecule has 0 radical (unpaired) electrons. The smallest absolute Gasteiger partial charge is 0.224 e. The van der Waals surface area contributed by atoms with Gasteiger partial charge in [0.25, 0.3) is 0 Å². The molecule has 3 aromatic rings. The van der Waals surface area contributed by atoms with Crippen molar-refractivity contribution in [2.75, 3.05) is 6.54 Å². The van der Waals surface area contributed by atoms with Crippen molar-refractivity contribution in [3.05, 3.63) is 72.2 Å². The van der Waals surface area contributed by atoms with Crippen LogP contribution in [0, 0.1) is 5.82 Å². The standard InChI is InChI=1S/C23H25FN4O.ClH/c1-16-13-20(11-12-25-16)26-22(29)14-18-15-28(21-5-3-2-4-6-21)27-23(18)17-7-9-19(24)10-8-17;/h2-10,15-16,20,25H,11-14H2,1H3,(H,26,29);1H. The number of aromatic nitrogens is 2. The fourth-order valence-corrected chi connectivity index (χ4v) is 3.82. The van der Waals surface area contributed by atoms with Gasteiger partial charge < -0.3 is 10.6 Å². The van der Waals surface area contributed by atoms with E-state index in [-0.39, 0.29) is 36.6 Å². The number of piperidine rings is 1. The summed E-state index contributed by atoms with van der Waals surface area (Å²) in [6.45, 7) is 3.05. The van der Waals surface area contributed by atoms with Gasteiger partial charge in [0, 0.05) is 29.4 Å². The third-order valence-corrected chi connectivity index (χ3v) is 5.27. The number of hydrogen-bond donors (Lipinski definition) is 2. The zero-order chi connectivity index (χ0) is 20.2. The molecule has 2 aromatic carbocycles. The lowest BCUT2D eigenvalue weighted by molar-refractivity contribution is -0.121. The van der Waals surface area contributed by atoms with Crippen molar-refractivity contribution in [1.82, 2.24) is 20.4 Å². The monoisotopic (exact) mass is 428 g/mol. The number of hydrogen-bond acceptors (Lipinski definition) is 3. The molecule has 2 heterocycles. The second kappa shape index (κ2) is 9.87. The van der Waals surface area contributed by atoms with E-state index < -0.39 is 0 Å². The Balaban J connectivity index is 0.00000256. The Labute approximate surface area is 182 Å². The third-order valence-electron chi connectivity index (χ3n) is 5.27. The van der Waals surface area contributed by atoms with Crippen molar-refractivity contribution in [3.8, 4) is 16.9 Å². The minimum absolute atomic E-state index is 0. The van der Waals surface area contributed by atoms with Gasteiger partial charge in [0.15, 0.2) is 0 Å². The normalized spacial score (nSPS) is 18.5. The largest absolute Gasteiger partial charge is 0.353 e. The van der Waals surface area contributed by atoms with Crippen LogP contribution in [0.25, 0.3) is 16.9 Å². The second-order valence-corrected chi connectivity index (χ2v) is 7.61. The van der Waals surface area contributed by atoms with Gasteiger partial charge in [0.05, 0.1) is 17.8 Å². The lowest BCUT2D eigenvalue weighted by Crippen LogP contribution is -2.46. The maximum absolute atomic E-state index is 13.4. The molecule has 2 unspecified atom stereocenters. The number of carbonyl (C=O) groups excluding carboxylic acids is 1. The highest BCUT2D eigenvalue weighted by Crippen LogP contribution is 2.25. The highest BCUT2D eigenvalue weighted by atomic mass is 35.5. The summed E-state index contributed by atoms with van der Waals surface area (Å²) < 4.78 is 15.2. The molecule has 0 bridgehead atoms. The Kier molecular flexibility index (Phi) is 7.24. The SMILES string of the molecule is CC1CC(NC(=O)Cc2cn(-c3ccccc3)nc2-c2ccc(F)cc2)CCN1.Cl. The first-order valence-electron chi connectivity index (χ1n) is 10.0. The van der Waals surface area contributed by atoms with Crippen molar-refractivity contribution in [1.29, 1.82) is 0 Å². The molecule has 0 aliphatic carbocycles. The zero-order valence-corrected chi connectivity index (χ0v) is 17.7. The predicted octanol–water partition coefficient (Wildman–Crippen LogP) is 3.90. The highest BCUT2D eigenvalue weighted by Gasteiger charge is 2.21. The number of para-hydroxylation sites is 1. The Morgan fingerprint density at radius 1 is 1.20 bits per heavy atom. The van der Waals surface area contributed by atoms with Gasteiger partial charge in [-0.05, 0) is 62.7 Å². The van der Waals surface area contributed by atoms with Crippen LogP contribution in [0.5, 0.6) is 0 Å². The summed E-state index contributed by atoms with van der Waals surface area (Å²) in [6.07, 6.45) is 3.99. The molecule has 1 aromatic heterocycles. The van der Waals surface area contributed by atoms with Crippen LogP contribution in [-0.4, -0.2) is 34.3 Å². The third kappa shape index (κ3) is 5.26. The number of amides is 1. The van der Waals surface area contributed by atoms with Gasteiger partial charge in [0.1, 0.15) is 5.82 Å². The van der Waals surface area contributed by atoms with Gasteiger partial charge in [0.2, 0.25) is 5.91 Å². The average Bonchev–Trinajstić information content (AvgIpc) is 3.13. The molecule has 30 heavy (non-hydrogen) atoms. The van der Waals surface area contributed by atoms with E-state index in [1.54, 1.807) is 16.8 Å². The van der Waals surface area contributed by atoms with Gasteiger partial charge in [-0.2, -0.15) is 5.10 Å². The number of benzene rings is 2. The fraction of sp³-hybridized carbons (Fsp3) is 0.304. The molecule has 158 valence electrons. The Hall–Kier alpha value is -2.70. The fourth-order valence-electron chi connectivity index (χ4n) is 3.82. The summed E-state index contributed by atoms with van der Waals surface area (Å²) in [4.78, 5) is 12.7. The topological polar surface area (TPSA) is 59.0 Å². The number of rotatable bonds is 5. The molecule has 5 nitrogen and oxygen atoms in total. The van der Waals surface area contributed by atoms with Crippen LogP contribution in [-0.2, 0) is 11.2 Å². The molecule has 2 atom stereocenters. The van der Waals surface area contributed by atoms with Gasteiger partial charge >= 0.3 is 0 Å². The molecular formula is C23H26ClFN4O. The zero-order valence-electron chi connectivity index (χ0n) is 16.8. The first kappa shape index (κ1) is 22.0. The molecular weight excluding hydrogens is 403 g/mol. The maximum Gasteiger partial charge on any atom is 0.224 e. The van der Waals surface area contributed by atoms with Crippen LogP contribution in [0.3, 0.4) is 0 Å². The minimum Gasteiger partial charge on any atom is -0.353 e. The molecule has 2 N–H and O–H groups in total. The van der Waals surface area contributed by atoms with Crippen molar-refractivity contribution in [3.63, 3.8) is 0 Å². The first-order chi connectivity index (χ1) is 14.1. The number of halogens is 2. The Morgan fingerprint density at radius 2 is 1.93 bits per heavy atom. The van der Waals surface area contributed by atoms with Gasteiger partial charge in [-0.15, -0.1) is 12.4 Å². The van der Waals surface area contributed by atoms with E-state index in [0.29, 0.717) is 11.7 Å². The second-order valence-electron chi connectivity index (χ2n) is 7.61. The van der Waals surface area contributed by atoms with Crippen LogP contribution in [0.2, 0.25) is 0 Å². The number of nitrogens with one attached hydrogen (secondary N) is 2. The summed E-state index contributed by atoms with van der Waals surface area (Å²) in [5, 5.41) is 11.3. The summed E-state index contributed by atoms with van der Waals surface area (Å²) in [5.74, 6) is -0.310. The van der Waals surface area contributed by atoms with E-state index in [1.165, 1.54) is 12.1 Å². The Morgan fingerprint density at radius 3 is 2.63 bits per heavy atom. The van der Waals surface area contributed by atoms with E-state index in [0.717, 1.165) is 36.2 Å². The van der Waals surface area contributed by atoms with Crippen LogP contribution in [0.1, 0.15) is 25.3 Å². The minimum atomic E-state index is -0.296. The van der Waals surface area contributed by atoms with Crippen LogP contribution in [0.15, 0.2) is 60.8 Å². The average molecular weight is 429 g/mol. The first-order valence-corrected chi connectivity index (χ1v) is 10.0. The summed E-state index contributed by atoms with van der Waals surface area (Å²) in [6, 6.07) is 16.6. The van der Waals surface area contributed by atoms with Crippen molar-refractivity contribution in [2.24, 2.45) is 0 Å². The van der Waals surface area contributed by atoms with E-state index >= 15 is 0 Å². The van der Waals surface area contributed by atoms with Crippen LogP contribution < -0.4 is 10.6 Å². The van der Waals surface area contributed by atoms with E-state index in [4.69, 9.17) is 5.10 Å². The number of carbonyl (C=O) groups is 1. The lowest BCUT2D eigenvalue weighted by Gasteiger charge is -2.28. The molecule has 1 aliphatic heterocycles. The molecule has 1 amide bonds. The summed E-state index contributed by atoms with van der Waals surface area (Å²) in [7, 11) is 0. The van der Waals surface area contributed by atoms with E-state index in [2.05, 4.69) is 17.6 Å². The molecule has 7 heteroatoms. The van der Waals surface area contributed by atoms with Gasteiger partial charge in [-0.25, -0.2) is 9.07 Å². The van der Waals surface area contributed by atoms with E-state index in [1.807, 2.05) is 36.5 Å².